The smallest absolute Gasteiger partial charge is 0.311 e. The highest BCUT2D eigenvalue weighted by atomic mass is 16.5. The monoisotopic (exact) mass is 405 g/mol. The zero-order valence-corrected chi connectivity index (χ0v) is 18.8. The van der Waals surface area contributed by atoms with E-state index in [0.717, 1.165) is 18.4 Å². The summed E-state index contributed by atoms with van der Waals surface area (Å²) in [6, 6.07) is 7.15. The van der Waals surface area contributed by atoms with Crippen LogP contribution in [0.4, 0.5) is 0 Å². The predicted octanol–water partition coefficient (Wildman–Crippen LogP) is 6.33. The summed E-state index contributed by atoms with van der Waals surface area (Å²) in [7, 11) is 1.79. The fourth-order valence-electron chi connectivity index (χ4n) is 3.57. The molecular formula is C25H43NO3. The largest absolute Gasteiger partial charge is 0.427 e. The molecule has 0 aliphatic heterocycles. The molecular weight excluding hydrogens is 362 g/mol. The molecule has 0 radical (unpaired) electrons. The highest BCUT2D eigenvalue weighted by Crippen LogP contribution is 2.20. The number of carbonyl (C=O) groups excluding carboxylic acids is 1. The number of nitrogens with one attached hydrogen (secondary N) is 1. The van der Waals surface area contributed by atoms with E-state index in [1.807, 2.05) is 12.1 Å². The average molecular weight is 406 g/mol. The zero-order valence-electron chi connectivity index (χ0n) is 18.8. The van der Waals surface area contributed by atoms with Crippen LogP contribution in [0.5, 0.6) is 5.75 Å². The number of aliphatic hydroxyl groups excluding tert-OH is 1. The van der Waals surface area contributed by atoms with Crippen LogP contribution in [0.1, 0.15) is 108 Å². The Morgan fingerprint density at radius 1 is 0.931 bits per heavy atom. The van der Waals surface area contributed by atoms with E-state index in [0.29, 0.717) is 18.7 Å². The third-order valence-corrected chi connectivity index (χ3v) is 5.36. The fraction of sp³-hybridized carbons (Fsp3) is 0.720. The van der Waals surface area contributed by atoms with Crippen LogP contribution < -0.4 is 10.1 Å². The number of unbranched alkanes of at least 4 members (excludes halogenated alkanes) is 12. The van der Waals surface area contributed by atoms with E-state index in [1.165, 1.54) is 70.6 Å². The average Bonchev–Trinajstić information content (AvgIpc) is 2.72. The first kappa shape index (κ1) is 25.6. The molecule has 1 aromatic carbocycles. The van der Waals surface area contributed by atoms with Crippen molar-refractivity contribution in [1.82, 2.24) is 5.32 Å². The summed E-state index contributed by atoms with van der Waals surface area (Å²) in [4.78, 5) is 12.0. The van der Waals surface area contributed by atoms with Gasteiger partial charge in [0.1, 0.15) is 5.75 Å². The van der Waals surface area contributed by atoms with Crippen LogP contribution in [0.3, 0.4) is 0 Å². The first-order valence-electron chi connectivity index (χ1n) is 11.8. The minimum Gasteiger partial charge on any atom is -0.427 e. The molecule has 0 aliphatic rings. The maximum atomic E-state index is 12.0. The van der Waals surface area contributed by atoms with Gasteiger partial charge in [-0.2, -0.15) is 0 Å². The lowest BCUT2D eigenvalue weighted by Crippen LogP contribution is -2.16. The van der Waals surface area contributed by atoms with Gasteiger partial charge < -0.3 is 15.2 Å². The van der Waals surface area contributed by atoms with Gasteiger partial charge in [0.25, 0.3) is 0 Å². The van der Waals surface area contributed by atoms with E-state index in [4.69, 9.17) is 4.74 Å². The van der Waals surface area contributed by atoms with Gasteiger partial charge in [-0.15, -0.1) is 0 Å². The number of hydrogen-bond acceptors (Lipinski definition) is 4. The molecule has 0 fully saturated rings. The summed E-state index contributed by atoms with van der Waals surface area (Å²) in [6.45, 7) is 2.73. The summed E-state index contributed by atoms with van der Waals surface area (Å²) in [5.74, 6) is 0.325. The molecule has 166 valence electrons. The summed E-state index contributed by atoms with van der Waals surface area (Å²) in [5.41, 5.74) is 0.755. The molecule has 1 aromatic rings. The van der Waals surface area contributed by atoms with E-state index in [1.54, 1.807) is 19.2 Å². The first-order chi connectivity index (χ1) is 14.2. The van der Waals surface area contributed by atoms with Crippen LogP contribution in [-0.4, -0.2) is 24.7 Å². The van der Waals surface area contributed by atoms with Gasteiger partial charge in [-0.05, 0) is 31.2 Å². The Balaban J connectivity index is 2.01. The molecule has 0 amide bonds. The predicted molar refractivity (Wildman–Crippen MR) is 121 cm³/mol. The molecule has 0 bridgehead atoms. The van der Waals surface area contributed by atoms with Gasteiger partial charge in [0.15, 0.2) is 0 Å². The second-order valence-electron chi connectivity index (χ2n) is 8.11. The number of benzene rings is 1. The van der Waals surface area contributed by atoms with Crippen molar-refractivity contribution in [2.24, 2.45) is 0 Å². The molecule has 4 nitrogen and oxygen atoms in total. The van der Waals surface area contributed by atoms with Crippen molar-refractivity contribution in [2.75, 3.05) is 13.6 Å². The molecule has 0 spiro atoms. The van der Waals surface area contributed by atoms with Crippen LogP contribution in [-0.2, 0) is 4.79 Å². The third-order valence-electron chi connectivity index (χ3n) is 5.36. The zero-order chi connectivity index (χ0) is 21.2. The second kappa shape index (κ2) is 17.5. The molecule has 1 rings (SSSR count). The first-order valence-corrected chi connectivity index (χ1v) is 11.8. The highest BCUT2D eigenvalue weighted by molar-refractivity contribution is 5.72. The molecule has 0 aromatic heterocycles. The van der Waals surface area contributed by atoms with Gasteiger partial charge in [-0.3, -0.25) is 4.79 Å². The Morgan fingerprint density at radius 3 is 2.03 bits per heavy atom. The number of rotatable bonds is 18. The van der Waals surface area contributed by atoms with Gasteiger partial charge >= 0.3 is 5.97 Å². The molecule has 29 heavy (non-hydrogen) atoms. The lowest BCUT2D eigenvalue weighted by atomic mass is 10.0. The van der Waals surface area contributed by atoms with Gasteiger partial charge in [0, 0.05) is 13.0 Å². The molecule has 2 N–H and O–H groups in total. The molecule has 1 unspecified atom stereocenters. The Kier molecular flexibility index (Phi) is 15.4. The van der Waals surface area contributed by atoms with Crippen molar-refractivity contribution < 1.29 is 14.6 Å². The van der Waals surface area contributed by atoms with Gasteiger partial charge in [0.2, 0.25) is 0 Å². The summed E-state index contributed by atoms with van der Waals surface area (Å²) < 4.78 is 5.42. The van der Waals surface area contributed by atoms with Crippen molar-refractivity contribution in [1.29, 1.82) is 0 Å². The number of aliphatic hydroxyl groups is 1. The van der Waals surface area contributed by atoms with Crippen molar-refractivity contribution in [3.63, 3.8) is 0 Å². The molecule has 1 atom stereocenters. The van der Waals surface area contributed by atoms with Gasteiger partial charge in [-0.25, -0.2) is 0 Å². The highest BCUT2D eigenvalue weighted by Gasteiger charge is 2.09. The minimum absolute atomic E-state index is 0.187. The number of carbonyl (C=O) groups is 1. The SMILES string of the molecule is CCCCCCCCCCCCCCCC(=O)Oc1cccc(C(O)CNC)c1. The molecule has 0 aliphatic carbocycles. The Labute approximate surface area is 178 Å². The van der Waals surface area contributed by atoms with Crippen LogP contribution in [0, 0.1) is 0 Å². The number of likely N-dealkylation sites (N-methyl/N-ethyl adjacent to an activating group) is 1. The van der Waals surface area contributed by atoms with Crippen LogP contribution in [0.2, 0.25) is 0 Å². The molecule has 0 heterocycles. The lowest BCUT2D eigenvalue weighted by molar-refractivity contribution is -0.134. The number of hydrogen-bond donors (Lipinski definition) is 2. The van der Waals surface area contributed by atoms with E-state index < -0.39 is 6.10 Å². The quantitative estimate of drug-likeness (QED) is 0.170. The summed E-state index contributed by atoms with van der Waals surface area (Å²) in [5, 5.41) is 12.9. The summed E-state index contributed by atoms with van der Waals surface area (Å²) in [6.07, 6.45) is 16.7. The minimum atomic E-state index is -0.597. The van der Waals surface area contributed by atoms with E-state index >= 15 is 0 Å². The Bertz CT molecular complexity index is 533. The van der Waals surface area contributed by atoms with Crippen LogP contribution in [0.25, 0.3) is 0 Å². The van der Waals surface area contributed by atoms with E-state index in [-0.39, 0.29) is 5.97 Å². The van der Waals surface area contributed by atoms with Gasteiger partial charge in [0.05, 0.1) is 6.10 Å². The summed E-state index contributed by atoms with van der Waals surface area (Å²) >= 11 is 0. The van der Waals surface area contributed by atoms with Gasteiger partial charge in [-0.1, -0.05) is 96.1 Å². The fourth-order valence-corrected chi connectivity index (χ4v) is 3.57. The topological polar surface area (TPSA) is 58.6 Å². The van der Waals surface area contributed by atoms with Crippen molar-refractivity contribution in [3.8, 4) is 5.75 Å². The van der Waals surface area contributed by atoms with E-state index in [9.17, 15) is 9.90 Å². The maximum absolute atomic E-state index is 12.0. The third kappa shape index (κ3) is 13.5. The van der Waals surface area contributed by atoms with Crippen molar-refractivity contribution in [3.05, 3.63) is 29.8 Å². The standard InChI is InChI=1S/C25H43NO3/c1-3-4-5-6-7-8-9-10-11-12-13-14-15-19-25(28)29-23-18-16-17-22(20-23)24(27)21-26-2/h16-18,20,24,26-27H,3-15,19,21H2,1-2H3. The molecule has 0 saturated heterocycles. The van der Waals surface area contributed by atoms with Crippen molar-refractivity contribution in [2.45, 2.75) is 103 Å². The Morgan fingerprint density at radius 2 is 1.48 bits per heavy atom. The van der Waals surface area contributed by atoms with Crippen molar-refractivity contribution >= 4 is 5.97 Å². The molecule has 4 heteroatoms. The number of esters is 1. The lowest BCUT2D eigenvalue weighted by Gasteiger charge is -2.11. The van der Waals surface area contributed by atoms with E-state index in [2.05, 4.69) is 12.2 Å². The normalized spacial score (nSPS) is 12.1. The Hall–Kier alpha value is -1.39. The molecule has 0 saturated carbocycles. The van der Waals surface area contributed by atoms with Crippen LogP contribution >= 0.6 is 0 Å². The number of ether oxygens (including phenoxy) is 1. The maximum Gasteiger partial charge on any atom is 0.311 e. The van der Waals surface area contributed by atoms with Crippen LogP contribution in [0.15, 0.2) is 24.3 Å². The second-order valence-corrected chi connectivity index (χ2v) is 8.11.